The maximum Gasteiger partial charge on any atom is 0.295 e. The van der Waals surface area contributed by atoms with E-state index in [1.165, 1.54) is 0 Å². The van der Waals surface area contributed by atoms with Crippen LogP contribution in [-0.2, 0) is 0 Å². The molecule has 0 aromatic rings. The van der Waals surface area contributed by atoms with Gasteiger partial charge in [-0.25, -0.2) is 0 Å². The molecule has 0 aliphatic carbocycles. The van der Waals surface area contributed by atoms with E-state index < -0.39 is 0 Å². The SMILES string of the molecule is CN(C)[B]I. The van der Waals surface area contributed by atoms with Crippen molar-refractivity contribution < 1.29 is 0 Å². The van der Waals surface area contributed by atoms with E-state index in [-0.39, 0.29) is 0 Å². The summed E-state index contributed by atoms with van der Waals surface area (Å²) in [7, 11) is 3.98. The first kappa shape index (κ1) is 5.75. The van der Waals surface area contributed by atoms with Crippen molar-refractivity contribution in [3.63, 3.8) is 0 Å². The Morgan fingerprint density at radius 1 is 1.60 bits per heavy atom. The Kier molecular flexibility index (Phi) is 3.41. The molecule has 29 valence electrons. The second kappa shape index (κ2) is 2.97. The maximum atomic E-state index is 2.18. The van der Waals surface area contributed by atoms with Crippen LogP contribution in [0.2, 0.25) is 0 Å². The number of halogens is 1. The summed E-state index contributed by atoms with van der Waals surface area (Å²) in [6, 6.07) is 0. The van der Waals surface area contributed by atoms with Crippen molar-refractivity contribution in [2.75, 3.05) is 14.1 Å². The quantitative estimate of drug-likeness (QED) is 0.421. The average molecular weight is 182 g/mol. The Bertz CT molecular complexity index is 23.6. The van der Waals surface area contributed by atoms with Crippen LogP contribution in [0, 0.1) is 0 Å². The summed E-state index contributed by atoms with van der Waals surface area (Å²) in [4.78, 5) is 1.99. The number of hydrogen-bond acceptors (Lipinski definition) is 1. The van der Waals surface area contributed by atoms with E-state index >= 15 is 0 Å². The normalized spacial score (nSPS) is 8.80. The molecule has 0 aromatic heterocycles. The van der Waals surface area contributed by atoms with Gasteiger partial charge in [0.2, 0.25) is 0 Å². The fraction of sp³-hybridized carbons (Fsp3) is 1.00. The topological polar surface area (TPSA) is 3.24 Å². The van der Waals surface area contributed by atoms with Gasteiger partial charge in [0, 0.05) is 0 Å². The minimum atomic E-state index is 1.97. The van der Waals surface area contributed by atoms with Crippen LogP contribution in [0.25, 0.3) is 0 Å². The molecule has 0 saturated carbocycles. The Hall–Kier alpha value is 0.755. The van der Waals surface area contributed by atoms with Crippen molar-refractivity contribution >= 4 is 27.6 Å². The van der Waals surface area contributed by atoms with Crippen LogP contribution in [-0.4, -0.2) is 24.2 Å². The lowest BCUT2D eigenvalue weighted by molar-refractivity contribution is 0.677. The van der Waals surface area contributed by atoms with Gasteiger partial charge in [0.1, 0.15) is 0 Å². The van der Waals surface area contributed by atoms with Crippen molar-refractivity contribution in [3.8, 4) is 0 Å². The van der Waals surface area contributed by atoms with Crippen LogP contribution in [0.1, 0.15) is 0 Å². The maximum absolute atomic E-state index is 2.18. The zero-order valence-electron chi connectivity index (χ0n) is 3.40. The van der Waals surface area contributed by atoms with Gasteiger partial charge in [-0.3, -0.25) is 0 Å². The summed E-state index contributed by atoms with van der Waals surface area (Å²) in [6.45, 7) is 0. The van der Waals surface area contributed by atoms with E-state index in [9.17, 15) is 0 Å². The molecule has 0 N–H and O–H groups in total. The third kappa shape index (κ3) is 4.75. The Morgan fingerprint density at radius 2 is 1.80 bits per heavy atom. The first-order chi connectivity index (χ1) is 2.27. The molecule has 0 unspecified atom stereocenters. The van der Waals surface area contributed by atoms with E-state index in [1.807, 2.05) is 24.2 Å². The second-order valence-corrected chi connectivity index (χ2v) is 1.62. The fourth-order valence-electron chi connectivity index (χ4n) is 0. The van der Waals surface area contributed by atoms with Gasteiger partial charge >= 0.3 is 0 Å². The lowest BCUT2D eigenvalue weighted by Gasteiger charge is -1.96. The molecule has 1 radical (unpaired) electrons. The highest BCUT2D eigenvalue weighted by Gasteiger charge is 1.79. The van der Waals surface area contributed by atoms with Crippen LogP contribution in [0.5, 0.6) is 0 Å². The molecule has 3 heteroatoms. The molecule has 5 heavy (non-hydrogen) atoms. The fourth-order valence-corrected chi connectivity index (χ4v) is 0. The highest BCUT2D eigenvalue weighted by Crippen LogP contribution is 1.75. The molecule has 0 aromatic carbocycles. The molecule has 1 nitrogen and oxygen atoms in total. The molecule has 0 atom stereocenters. The molecule has 0 bridgehead atoms. The van der Waals surface area contributed by atoms with E-state index in [1.54, 1.807) is 0 Å². The molecular weight excluding hydrogens is 176 g/mol. The first-order valence-corrected chi connectivity index (χ1v) is 2.62. The average Bonchev–Trinajstić information content (AvgIpc) is 1.38. The number of nitrogens with zero attached hydrogens (tertiary/aromatic N) is 1. The molecule has 0 fully saturated rings. The highest BCUT2D eigenvalue weighted by atomic mass is 127. The van der Waals surface area contributed by atoms with Gasteiger partial charge in [-0.1, -0.05) is 0 Å². The molecule has 0 rings (SSSR count). The minimum Gasteiger partial charge on any atom is -0.342 e. The first-order valence-electron chi connectivity index (χ1n) is 1.37. The van der Waals surface area contributed by atoms with E-state index in [2.05, 4.69) is 22.4 Å². The van der Waals surface area contributed by atoms with Gasteiger partial charge in [0.15, 0.2) is 0 Å². The molecule has 0 saturated heterocycles. The molecule has 0 spiro atoms. The summed E-state index contributed by atoms with van der Waals surface area (Å²) in [5.74, 6) is 0. The van der Waals surface area contributed by atoms with Gasteiger partial charge in [-0.2, -0.15) is 0 Å². The second-order valence-electron chi connectivity index (χ2n) is 1.06. The molecule has 0 aliphatic heterocycles. The largest absolute Gasteiger partial charge is 0.342 e. The van der Waals surface area contributed by atoms with Gasteiger partial charge in [-0.05, 0) is 14.1 Å². The molecule has 0 aliphatic rings. The molecule has 0 heterocycles. The van der Waals surface area contributed by atoms with Crippen LogP contribution in [0.15, 0.2) is 0 Å². The third-order valence-corrected chi connectivity index (χ3v) is 1.31. The monoisotopic (exact) mass is 182 g/mol. The van der Waals surface area contributed by atoms with Crippen molar-refractivity contribution in [2.45, 2.75) is 0 Å². The lowest BCUT2D eigenvalue weighted by atomic mass is 10.4. The number of rotatable bonds is 1. The standard InChI is InChI=1S/C2H6BIN/c1-5(2)3-4/h1-2H3. The number of hydrogen-bond donors (Lipinski definition) is 0. The Balaban J connectivity index is 2.54. The van der Waals surface area contributed by atoms with Crippen molar-refractivity contribution in [1.29, 1.82) is 0 Å². The van der Waals surface area contributed by atoms with Crippen molar-refractivity contribution in [2.24, 2.45) is 0 Å². The highest BCUT2D eigenvalue weighted by molar-refractivity contribution is 14.1. The summed E-state index contributed by atoms with van der Waals surface area (Å²) >= 11 is 2.18. The zero-order chi connectivity index (χ0) is 4.28. The van der Waals surface area contributed by atoms with Gasteiger partial charge in [0.05, 0.1) is 0 Å². The summed E-state index contributed by atoms with van der Waals surface area (Å²) in [5, 5.41) is 1.97. The summed E-state index contributed by atoms with van der Waals surface area (Å²) in [6.07, 6.45) is 0. The van der Waals surface area contributed by atoms with Crippen molar-refractivity contribution in [1.82, 2.24) is 4.81 Å². The minimum absolute atomic E-state index is 1.97. The van der Waals surface area contributed by atoms with E-state index in [4.69, 9.17) is 0 Å². The smallest absolute Gasteiger partial charge is 0.295 e. The van der Waals surface area contributed by atoms with Crippen LogP contribution >= 0.6 is 22.4 Å². The van der Waals surface area contributed by atoms with Crippen molar-refractivity contribution in [3.05, 3.63) is 0 Å². The van der Waals surface area contributed by atoms with E-state index in [0.29, 0.717) is 0 Å². The predicted molar refractivity (Wildman–Crippen MR) is 33.5 cm³/mol. The predicted octanol–water partition coefficient (Wildman–Crippen LogP) is 0.517. The van der Waals surface area contributed by atoms with Gasteiger partial charge < -0.3 is 4.81 Å². The van der Waals surface area contributed by atoms with E-state index in [0.717, 1.165) is 0 Å². The lowest BCUT2D eigenvalue weighted by Crippen LogP contribution is -2.10. The van der Waals surface area contributed by atoms with Crippen LogP contribution in [0.3, 0.4) is 0 Å². The van der Waals surface area contributed by atoms with Crippen LogP contribution in [0.4, 0.5) is 0 Å². The summed E-state index contributed by atoms with van der Waals surface area (Å²) in [5.41, 5.74) is 0. The van der Waals surface area contributed by atoms with Crippen LogP contribution < -0.4 is 0 Å². The third-order valence-electron chi connectivity index (χ3n) is 0.195. The summed E-state index contributed by atoms with van der Waals surface area (Å²) < 4.78 is 0. The molecular formula is C2H6BIN. The Morgan fingerprint density at radius 3 is 1.80 bits per heavy atom. The van der Waals surface area contributed by atoms with Gasteiger partial charge in [0.25, 0.3) is 5.27 Å². The van der Waals surface area contributed by atoms with Gasteiger partial charge in [-0.15, -0.1) is 22.4 Å². The Labute approximate surface area is 46.9 Å². The molecule has 0 amide bonds. The zero-order valence-corrected chi connectivity index (χ0v) is 5.56.